The number of benzene rings is 1. The maximum Gasteiger partial charge on any atom is 0.252 e. The van der Waals surface area contributed by atoms with Gasteiger partial charge in [0.25, 0.3) is 5.91 Å². The normalized spacial score (nSPS) is 10.0. The Bertz CT molecular complexity index is 631. The zero-order chi connectivity index (χ0) is 13.0. The Kier molecular flexibility index (Phi) is 3.81. The van der Waals surface area contributed by atoms with Crippen LogP contribution in [0.5, 0.6) is 0 Å². The number of nitrogens with zero attached hydrogens (tertiary/aromatic N) is 1. The largest absolute Gasteiger partial charge is 0.351 e. The van der Waals surface area contributed by atoms with E-state index in [1.54, 1.807) is 6.07 Å². The summed E-state index contributed by atoms with van der Waals surface area (Å²) in [6.45, 7) is 0.448. The van der Waals surface area contributed by atoms with E-state index in [-0.39, 0.29) is 5.91 Å². The maximum atomic E-state index is 12.0. The van der Waals surface area contributed by atoms with Gasteiger partial charge in [0.15, 0.2) is 0 Å². The van der Waals surface area contributed by atoms with E-state index in [4.69, 9.17) is 18.0 Å². The van der Waals surface area contributed by atoms with E-state index in [0.29, 0.717) is 29.2 Å². The van der Waals surface area contributed by atoms with Crippen LogP contribution >= 0.6 is 11.6 Å². The summed E-state index contributed by atoms with van der Waals surface area (Å²) in [6.07, 6.45) is 5.64. The molecule has 1 amide bonds. The van der Waals surface area contributed by atoms with E-state index in [0.717, 1.165) is 5.39 Å². The van der Waals surface area contributed by atoms with Crippen molar-refractivity contribution in [1.29, 1.82) is 0 Å². The summed E-state index contributed by atoms with van der Waals surface area (Å²) in [5, 5.41) is 3.83. The van der Waals surface area contributed by atoms with Crippen LogP contribution < -0.4 is 5.32 Å². The van der Waals surface area contributed by atoms with Crippen LogP contribution in [-0.4, -0.2) is 17.4 Å². The van der Waals surface area contributed by atoms with Crippen LogP contribution in [0.15, 0.2) is 30.3 Å². The number of para-hydroxylation sites is 1. The van der Waals surface area contributed by atoms with Gasteiger partial charge in [-0.3, -0.25) is 4.79 Å². The molecule has 18 heavy (non-hydrogen) atoms. The second-order valence-electron chi connectivity index (χ2n) is 3.72. The number of nitrogens with one attached hydrogen (secondary N) is 1. The minimum Gasteiger partial charge on any atom is -0.351 e. The van der Waals surface area contributed by atoms with Crippen LogP contribution in [-0.2, 0) is 0 Å². The molecule has 0 atom stereocenters. The highest BCUT2D eigenvalue weighted by Gasteiger charge is 2.11. The van der Waals surface area contributed by atoms with Crippen molar-refractivity contribution in [1.82, 2.24) is 10.3 Å². The van der Waals surface area contributed by atoms with E-state index in [9.17, 15) is 4.79 Å². The predicted molar refractivity (Wildman–Crippen MR) is 72.5 cm³/mol. The molecule has 2 rings (SSSR count). The number of terminal acetylenes is 1. The van der Waals surface area contributed by atoms with Gasteiger partial charge in [-0.2, -0.15) is 0 Å². The van der Waals surface area contributed by atoms with Crippen LogP contribution in [0.3, 0.4) is 0 Å². The third kappa shape index (κ3) is 2.61. The molecule has 3 nitrogen and oxygen atoms in total. The molecule has 1 heterocycles. The Morgan fingerprint density at radius 3 is 3.00 bits per heavy atom. The highest BCUT2D eigenvalue weighted by Crippen LogP contribution is 2.20. The van der Waals surface area contributed by atoms with Crippen molar-refractivity contribution >= 4 is 28.4 Å². The maximum absolute atomic E-state index is 12.0. The number of fused-ring (bicyclic) bond motifs is 1. The first-order valence-corrected chi connectivity index (χ1v) is 5.87. The van der Waals surface area contributed by atoms with Crippen LogP contribution in [0, 0.1) is 12.3 Å². The topological polar surface area (TPSA) is 42.0 Å². The zero-order valence-electron chi connectivity index (χ0n) is 9.61. The van der Waals surface area contributed by atoms with Gasteiger partial charge in [-0.05, 0) is 12.1 Å². The van der Waals surface area contributed by atoms with Gasteiger partial charge < -0.3 is 5.32 Å². The Morgan fingerprint density at radius 2 is 2.22 bits per heavy atom. The van der Waals surface area contributed by atoms with Crippen molar-refractivity contribution in [2.45, 2.75) is 6.42 Å². The number of carbonyl (C=O) groups excluding carboxylic acids is 1. The van der Waals surface area contributed by atoms with Crippen molar-refractivity contribution in [2.24, 2.45) is 0 Å². The van der Waals surface area contributed by atoms with Gasteiger partial charge >= 0.3 is 0 Å². The molecule has 2 aromatic rings. The average molecular weight is 259 g/mol. The molecule has 0 bridgehead atoms. The van der Waals surface area contributed by atoms with Gasteiger partial charge in [-0.15, -0.1) is 12.3 Å². The fraction of sp³-hybridized carbons (Fsp3) is 0.143. The number of hydrogen-bond acceptors (Lipinski definition) is 2. The molecule has 1 N–H and O–H groups in total. The zero-order valence-corrected chi connectivity index (χ0v) is 10.4. The summed E-state index contributed by atoms with van der Waals surface area (Å²) in [6, 6.07) is 8.94. The van der Waals surface area contributed by atoms with Crippen molar-refractivity contribution in [3.05, 3.63) is 41.0 Å². The lowest BCUT2D eigenvalue weighted by Gasteiger charge is -2.07. The van der Waals surface area contributed by atoms with Gasteiger partial charge in [0.1, 0.15) is 5.15 Å². The number of carbonyl (C=O) groups is 1. The van der Waals surface area contributed by atoms with E-state index >= 15 is 0 Å². The van der Waals surface area contributed by atoms with Crippen molar-refractivity contribution in [3.63, 3.8) is 0 Å². The summed E-state index contributed by atoms with van der Waals surface area (Å²) in [7, 11) is 0. The summed E-state index contributed by atoms with van der Waals surface area (Å²) >= 11 is 5.91. The molecule has 0 unspecified atom stereocenters. The van der Waals surface area contributed by atoms with Crippen LogP contribution in [0.4, 0.5) is 0 Å². The minimum absolute atomic E-state index is 0.189. The van der Waals surface area contributed by atoms with Crippen molar-refractivity contribution in [2.75, 3.05) is 6.54 Å². The molecule has 0 radical (unpaired) electrons. The Labute approximate surface area is 110 Å². The van der Waals surface area contributed by atoms with Crippen molar-refractivity contribution in [3.8, 4) is 12.3 Å². The smallest absolute Gasteiger partial charge is 0.252 e. The van der Waals surface area contributed by atoms with Crippen LogP contribution in [0.2, 0.25) is 5.15 Å². The lowest BCUT2D eigenvalue weighted by atomic mass is 10.1. The molecule has 0 aliphatic rings. The fourth-order valence-electron chi connectivity index (χ4n) is 1.67. The summed E-state index contributed by atoms with van der Waals surface area (Å²) < 4.78 is 0. The lowest BCUT2D eigenvalue weighted by molar-refractivity contribution is 0.0956. The summed E-state index contributed by atoms with van der Waals surface area (Å²) in [5.74, 6) is 2.28. The van der Waals surface area contributed by atoms with Gasteiger partial charge in [0, 0.05) is 18.4 Å². The molecule has 4 heteroatoms. The molecule has 1 aromatic carbocycles. The van der Waals surface area contributed by atoms with Gasteiger partial charge in [0.05, 0.1) is 11.1 Å². The Morgan fingerprint density at radius 1 is 1.44 bits per heavy atom. The number of halogens is 1. The third-order valence-corrected chi connectivity index (χ3v) is 2.68. The Hall–Kier alpha value is -2.05. The molecule has 90 valence electrons. The molecule has 0 aliphatic heterocycles. The van der Waals surface area contributed by atoms with Gasteiger partial charge in [0.2, 0.25) is 0 Å². The first-order chi connectivity index (χ1) is 8.72. The standard InChI is InChI=1S/C14H11ClN2O/c1-2-3-8-16-14(18)11-9-13(15)17-12-7-5-4-6-10(11)12/h1,4-7,9H,3,8H2,(H,16,18). The quantitative estimate of drug-likeness (QED) is 0.522. The fourth-order valence-corrected chi connectivity index (χ4v) is 1.87. The summed E-state index contributed by atoms with van der Waals surface area (Å²) in [4.78, 5) is 16.2. The number of aromatic nitrogens is 1. The third-order valence-electron chi connectivity index (χ3n) is 2.48. The first-order valence-electron chi connectivity index (χ1n) is 5.49. The second-order valence-corrected chi connectivity index (χ2v) is 4.11. The lowest BCUT2D eigenvalue weighted by Crippen LogP contribution is -2.24. The Balaban J connectivity index is 2.38. The molecule has 0 saturated heterocycles. The SMILES string of the molecule is C#CCCNC(=O)c1cc(Cl)nc2ccccc12. The molecule has 0 aliphatic carbocycles. The number of hydrogen-bond donors (Lipinski definition) is 1. The molecular weight excluding hydrogens is 248 g/mol. The van der Waals surface area contributed by atoms with Crippen molar-refractivity contribution < 1.29 is 4.79 Å². The molecule has 0 saturated carbocycles. The molecule has 1 aromatic heterocycles. The first kappa shape index (κ1) is 12.4. The monoisotopic (exact) mass is 258 g/mol. The van der Waals surface area contributed by atoms with E-state index in [2.05, 4.69) is 16.2 Å². The van der Waals surface area contributed by atoms with Crippen LogP contribution in [0.1, 0.15) is 16.8 Å². The van der Waals surface area contributed by atoms with Gasteiger partial charge in [-0.1, -0.05) is 29.8 Å². The molecule has 0 fully saturated rings. The second kappa shape index (κ2) is 5.52. The number of rotatable bonds is 3. The highest BCUT2D eigenvalue weighted by molar-refractivity contribution is 6.30. The van der Waals surface area contributed by atoms with E-state index < -0.39 is 0 Å². The minimum atomic E-state index is -0.189. The highest BCUT2D eigenvalue weighted by atomic mass is 35.5. The molecule has 0 spiro atoms. The molecular formula is C14H11ClN2O. The number of pyridine rings is 1. The predicted octanol–water partition coefficient (Wildman–Crippen LogP) is 2.64. The average Bonchev–Trinajstić information content (AvgIpc) is 2.38. The van der Waals surface area contributed by atoms with Crippen LogP contribution in [0.25, 0.3) is 10.9 Å². The summed E-state index contributed by atoms with van der Waals surface area (Å²) in [5.41, 5.74) is 1.22. The van der Waals surface area contributed by atoms with E-state index in [1.807, 2.05) is 24.3 Å². The van der Waals surface area contributed by atoms with Gasteiger partial charge in [-0.25, -0.2) is 4.98 Å². The number of amides is 1. The van der Waals surface area contributed by atoms with E-state index in [1.165, 1.54) is 0 Å².